The minimum absolute atomic E-state index is 0. The molecule has 0 aromatic carbocycles. The first kappa shape index (κ1) is 20.4. The predicted molar refractivity (Wildman–Crippen MR) is 100 cm³/mol. The second kappa shape index (κ2) is 14.3. The quantitative estimate of drug-likeness (QED) is 0.369. The summed E-state index contributed by atoms with van der Waals surface area (Å²) in [6, 6.07) is 4.11. The molecule has 0 radical (unpaired) electrons. The molecule has 1 aromatic heterocycles. The zero-order valence-electron chi connectivity index (χ0n) is 13.7. The summed E-state index contributed by atoms with van der Waals surface area (Å²) in [6.45, 7) is 6.45. The van der Waals surface area contributed by atoms with E-state index in [9.17, 15) is 0 Å². The summed E-state index contributed by atoms with van der Waals surface area (Å²) in [5.41, 5.74) is 2.50. The summed E-state index contributed by atoms with van der Waals surface area (Å²) in [5.74, 6) is 0. The standard InChI is InChI=1S/C19H31N.BrH/c1-3-4-5-6-7-8-9-10-11-12-13-18(2)19-14-16-20-17-15-19;/h14-17H,2-13H2,1H3;1H. The Balaban J connectivity index is 0.00000400. The Morgan fingerprint density at radius 1 is 0.857 bits per heavy atom. The Labute approximate surface area is 142 Å². The monoisotopic (exact) mass is 353 g/mol. The molecule has 120 valence electrons. The highest BCUT2D eigenvalue weighted by atomic mass is 79.9. The van der Waals surface area contributed by atoms with Crippen LogP contribution < -0.4 is 0 Å². The van der Waals surface area contributed by atoms with Gasteiger partial charge in [0, 0.05) is 12.4 Å². The van der Waals surface area contributed by atoms with E-state index in [1.54, 1.807) is 0 Å². The van der Waals surface area contributed by atoms with Crippen LogP contribution in [0.5, 0.6) is 0 Å². The maximum Gasteiger partial charge on any atom is 0.0273 e. The Kier molecular flexibility index (Phi) is 13.9. The first-order chi connectivity index (χ1) is 9.84. The number of halogens is 1. The number of pyridine rings is 1. The maximum absolute atomic E-state index is 4.17. The highest BCUT2D eigenvalue weighted by Gasteiger charge is 1.98. The fourth-order valence-electron chi connectivity index (χ4n) is 2.56. The topological polar surface area (TPSA) is 12.9 Å². The van der Waals surface area contributed by atoms with E-state index in [1.165, 1.54) is 75.3 Å². The molecule has 0 unspecified atom stereocenters. The summed E-state index contributed by atoms with van der Waals surface area (Å²) >= 11 is 0. The van der Waals surface area contributed by atoms with Gasteiger partial charge in [-0.25, -0.2) is 0 Å². The number of allylic oxidation sites excluding steroid dienone is 1. The van der Waals surface area contributed by atoms with Crippen LogP contribution in [0.3, 0.4) is 0 Å². The van der Waals surface area contributed by atoms with E-state index in [4.69, 9.17) is 0 Å². The lowest BCUT2D eigenvalue weighted by molar-refractivity contribution is 0.558. The average molecular weight is 354 g/mol. The number of hydrogen-bond acceptors (Lipinski definition) is 1. The van der Waals surface area contributed by atoms with Crippen LogP contribution in [0.25, 0.3) is 5.57 Å². The van der Waals surface area contributed by atoms with E-state index in [2.05, 4.69) is 30.6 Å². The largest absolute Gasteiger partial charge is 0.265 e. The summed E-state index contributed by atoms with van der Waals surface area (Å²) in [5, 5.41) is 0. The van der Waals surface area contributed by atoms with Crippen molar-refractivity contribution >= 4 is 22.6 Å². The second-order valence-electron chi connectivity index (χ2n) is 5.77. The fourth-order valence-corrected chi connectivity index (χ4v) is 2.56. The molecule has 21 heavy (non-hydrogen) atoms. The third-order valence-corrected chi connectivity index (χ3v) is 3.92. The van der Waals surface area contributed by atoms with E-state index in [1.807, 2.05) is 12.4 Å². The normalized spacial score (nSPS) is 10.1. The van der Waals surface area contributed by atoms with Crippen LogP contribution >= 0.6 is 17.0 Å². The van der Waals surface area contributed by atoms with Gasteiger partial charge in [0.15, 0.2) is 0 Å². The Hall–Kier alpha value is -0.630. The van der Waals surface area contributed by atoms with Crippen molar-refractivity contribution in [1.82, 2.24) is 4.98 Å². The SMILES string of the molecule is Br.C=C(CCCCCCCCCCCC)c1ccncc1. The van der Waals surface area contributed by atoms with Gasteiger partial charge in [0.05, 0.1) is 0 Å². The van der Waals surface area contributed by atoms with Crippen molar-refractivity contribution in [2.45, 2.75) is 77.6 Å². The van der Waals surface area contributed by atoms with E-state index in [-0.39, 0.29) is 17.0 Å². The van der Waals surface area contributed by atoms with Gasteiger partial charge in [-0.15, -0.1) is 17.0 Å². The lowest BCUT2D eigenvalue weighted by Crippen LogP contribution is -1.85. The molecular formula is C19H32BrN. The maximum atomic E-state index is 4.17. The average Bonchev–Trinajstić information content (AvgIpc) is 2.50. The lowest BCUT2D eigenvalue weighted by Gasteiger charge is -2.05. The molecule has 0 bridgehead atoms. The molecule has 0 aliphatic heterocycles. The minimum Gasteiger partial charge on any atom is -0.265 e. The summed E-state index contributed by atoms with van der Waals surface area (Å²) in [6.07, 6.45) is 18.7. The molecule has 0 saturated heterocycles. The third-order valence-electron chi connectivity index (χ3n) is 3.92. The fraction of sp³-hybridized carbons (Fsp3) is 0.632. The highest BCUT2D eigenvalue weighted by molar-refractivity contribution is 8.93. The van der Waals surface area contributed by atoms with Crippen molar-refractivity contribution in [1.29, 1.82) is 0 Å². The number of nitrogens with zero attached hydrogens (tertiary/aromatic N) is 1. The van der Waals surface area contributed by atoms with E-state index >= 15 is 0 Å². The van der Waals surface area contributed by atoms with Crippen LogP contribution in [0.15, 0.2) is 31.1 Å². The first-order valence-electron chi connectivity index (χ1n) is 8.42. The molecule has 0 atom stereocenters. The van der Waals surface area contributed by atoms with Crippen molar-refractivity contribution in [3.05, 3.63) is 36.7 Å². The van der Waals surface area contributed by atoms with Crippen molar-refractivity contribution in [2.75, 3.05) is 0 Å². The molecule has 1 heterocycles. The van der Waals surface area contributed by atoms with Crippen molar-refractivity contribution in [2.24, 2.45) is 0 Å². The molecule has 1 rings (SSSR count). The number of unbranched alkanes of at least 4 members (excludes halogenated alkanes) is 9. The first-order valence-corrected chi connectivity index (χ1v) is 8.42. The van der Waals surface area contributed by atoms with Gasteiger partial charge in [0.2, 0.25) is 0 Å². The Morgan fingerprint density at radius 2 is 1.33 bits per heavy atom. The van der Waals surface area contributed by atoms with Crippen molar-refractivity contribution in [3.8, 4) is 0 Å². The second-order valence-corrected chi connectivity index (χ2v) is 5.77. The zero-order chi connectivity index (χ0) is 14.5. The smallest absolute Gasteiger partial charge is 0.0273 e. The summed E-state index contributed by atoms with van der Waals surface area (Å²) in [4.78, 5) is 4.04. The molecule has 0 spiro atoms. The Morgan fingerprint density at radius 3 is 1.86 bits per heavy atom. The molecule has 1 aromatic rings. The molecule has 0 amide bonds. The van der Waals surface area contributed by atoms with Gasteiger partial charge in [-0.05, 0) is 36.1 Å². The highest BCUT2D eigenvalue weighted by Crippen LogP contribution is 2.19. The van der Waals surface area contributed by atoms with Gasteiger partial charge < -0.3 is 0 Å². The van der Waals surface area contributed by atoms with Gasteiger partial charge in [-0.3, -0.25) is 4.98 Å². The van der Waals surface area contributed by atoms with Gasteiger partial charge in [-0.1, -0.05) is 71.3 Å². The minimum atomic E-state index is 0. The van der Waals surface area contributed by atoms with E-state index < -0.39 is 0 Å². The number of hydrogen-bond donors (Lipinski definition) is 0. The number of rotatable bonds is 12. The number of aromatic nitrogens is 1. The van der Waals surface area contributed by atoms with Crippen LogP contribution in [0.1, 0.15) is 83.1 Å². The lowest BCUT2D eigenvalue weighted by atomic mass is 10.0. The van der Waals surface area contributed by atoms with Crippen LogP contribution in [-0.2, 0) is 0 Å². The molecule has 0 aliphatic rings. The van der Waals surface area contributed by atoms with Gasteiger partial charge in [-0.2, -0.15) is 0 Å². The molecule has 2 heteroatoms. The summed E-state index contributed by atoms with van der Waals surface area (Å²) in [7, 11) is 0. The van der Waals surface area contributed by atoms with Crippen LogP contribution in [-0.4, -0.2) is 4.98 Å². The molecular weight excluding hydrogens is 322 g/mol. The molecule has 0 N–H and O–H groups in total. The van der Waals surface area contributed by atoms with Gasteiger partial charge in [0.1, 0.15) is 0 Å². The third kappa shape index (κ3) is 10.7. The van der Waals surface area contributed by atoms with Crippen molar-refractivity contribution < 1.29 is 0 Å². The predicted octanol–water partition coefficient (Wildman–Crippen LogP) is 6.98. The van der Waals surface area contributed by atoms with E-state index in [0.717, 1.165) is 6.42 Å². The van der Waals surface area contributed by atoms with Gasteiger partial charge in [0.25, 0.3) is 0 Å². The van der Waals surface area contributed by atoms with Gasteiger partial charge >= 0.3 is 0 Å². The summed E-state index contributed by atoms with van der Waals surface area (Å²) < 4.78 is 0. The molecule has 1 nitrogen and oxygen atoms in total. The van der Waals surface area contributed by atoms with Crippen LogP contribution in [0.4, 0.5) is 0 Å². The molecule has 0 aliphatic carbocycles. The zero-order valence-corrected chi connectivity index (χ0v) is 15.4. The van der Waals surface area contributed by atoms with Crippen LogP contribution in [0, 0.1) is 0 Å². The molecule has 0 fully saturated rings. The Bertz CT molecular complexity index is 348. The van der Waals surface area contributed by atoms with Crippen LogP contribution in [0.2, 0.25) is 0 Å². The molecule has 0 saturated carbocycles. The van der Waals surface area contributed by atoms with E-state index in [0.29, 0.717) is 0 Å². The van der Waals surface area contributed by atoms with Crippen molar-refractivity contribution in [3.63, 3.8) is 0 Å².